The second kappa shape index (κ2) is 7.53. The van der Waals surface area contributed by atoms with Crippen molar-refractivity contribution in [2.75, 3.05) is 0 Å². The van der Waals surface area contributed by atoms with Crippen LogP contribution in [0.3, 0.4) is 0 Å². The summed E-state index contributed by atoms with van der Waals surface area (Å²) in [6.45, 7) is 3.62. The van der Waals surface area contributed by atoms with Crippen LogP contribution in [0.25, 0.3) is 0 Å². The molecule has 9 heteroatoms. The van der Waals surface area contributed by atoms with Crippen molar-refractivity contribution in [3.8, 4) is 0 Å². The first kappa shape index (κ1) is 17.4. The normalized spacial score (nSPS) is 17.0. The Balaban J connectivity index is 1.62. The van der Waals surface area contributed by atoms with Crippen molar-refractivity contribution in [1.82, 2.24) is 10.1 Å². The molecule has 2 aliphatic rings. The third kappa shape index (κ3) is 4.28. The van der Waals surface area contributed by atoms with Crippen molar-refractivity contribution < 1.29 is 33.6 Å². The molecule has 0 unspecified atom stereocenters. The molecular formula is C15H16N2O7. The molecular weight excluding hydrogens is 320 g/mol. The largest absolute Gasteiger partial charge is 0.334 e. The van der Waals surface area contributed by atoms with E-state index in [1.807, 2.05) is 0 Å². The summed E-state index contributed by atoms with van der Waals surface area (Å²) >= 11 is 0. The van der Waals surface area contributed by atoms with E-state index in [0.29, 0.717) is 30.0 Å². The molecule has 9 nitrogen and oxygen atoms in total. The van der Waals surface area contributed by atoms with Crippen LogP contribution in [0.15, 0.2) is 24.4 Å². The minimum atomic E-state index is -0.753. The minimum absolute atomic E-state index is 0.00741. The van der Waals surface area contributed by atoms with Crippen LogP contribution < -0.4 is 0 Å². The number of unbranched alkanes of at least 4 members (excludes halogenated alkanes) is 1. The van der Waals surface area contributed by atoms with Crippen LogP contribution in [0.2, 0.25) is 0 Å². The molecule has 2 aliphatic heterocycles. The fourth-order valence-corrected chi connectivity index (χ4v) is 2.06. The average molecular weight is 336 g/mol. The van der Waals surface area contributed by atoms with Crippen LogP contribution in [-0.2, 0) is 33.6 Å². The summed E-state index contributed by atoms with van der Waals surface area (Å²) in [5, 5.41) is 1.27. The maximum atomic E-state index is 11.6. The third-order valence-corrected chi connectivity index (χ3v) is 3.31. The highest BCUT2D eigenvalue weighted by molar-refractivity contribution is 6.12. The number of nitrogens with zero attached hydrogens (tertiary/aromatic N) is 2. The van der Waals surface area contributed by atoms with Gasteiger partial charge in [0.25, 0.3) is 17.7 Å². The summed E-state index contributed by atoms with van der Waals surface area (Å²) in [5.74, 6) is -3.10. The maximum Gasteiger partial charge on any atom is 0.333 e. The first-order chi connectivity index (χ1) is 11.4. The Morgan fingerprint density at radius 3 is 1.88 bits per heavy atom. The van der Waals surface area contributed by atoms with E-state index in [-0.39, 0.29) is 25.2 Å². The summed E-state index contributed by atoms with van der Waals surface area (Å²) < 4.78 is 0. The Labute approximate surface area is 137 Å². The van der Waals surface area contributed by atoms with Gasteiger partial charge >= 0.3 is 11.9 Å². The number of amides is 3. The highest BCUT2D eigenvalue weighted by Gasteiger charge is 2.29. The Bertz CT molecular complexity index is 586. The van der Waals surface area contributed by atoms with Gasteiger partial charge in [0.2, 0.25) is 0 Å². The molecule has 0 bridgehead atoms. The SMILES string of the molecule is C=C1CCC(=O)N1OC(=O)CCCCC(=O)ON1C(=O)C=CC1=O. The molecule has 2 heterocycles. The van der Waals surface area contributed by atoms with Gasteiger partial charge in [0, 0.05) is 31.4 Å². The lowest BCUT2D eigenvalue weighted by molar-refractivity contribution is -0.196. The van der Waals surface area contributed by atoms with Crippen LogP contribution in [0, 0.1) is 0 Å². The van der Waals surface area contributed by atoms with Crippen LogP contribution in [0.4, 0.5) is 0 Å². The number of hydrogen-bond acceptors (Lipinski definition) is 7. The molecule has 3 amide bonds. The number of imide groups is 1. The molecule has 24 heavy (non-hydrogen) atoms. The van der Waals surface area contributed by atoms with Gasteiger partial charge in [-0.05, 0) is 19.3 Å². The molecule has 2 rings (SSSR count). The van der Waals surface area contributed by atoms with Crippen LogP contribution in [0.1, 0.15) is 38.5 Å². The van der Waals surface area contributed by atoms with E-state index in [1.165, 1.54) is 0 Å². The molecule has 0 atom stereocenters. The zero-order chi connectivity index (χ0) is 17.7. The van der Waals surface area contributed by atoms with Gasteiger partial charge in [-0.25, -0.2) is 9.59 Å². The van der Waals surface area contributed by atoms with Gasteiger partial charge in [-0.15, -0.1) is 5.06 Å². The van der Waals surface area contributed by atoms with Gasteiger partial charge in [-0.3, -0.25) is 14.4 Å². The highest BCUT2D eigenvalue weighted by atomic mass is 16.7. The van der Waals surface area contributed by atoms with Gasteiger partial charge in [-0.1, -0.05) is 11.6 Å². The van der Waals surface area contributed by atoms with E-state index in [4.69, 9.17) is 4.84 Å². The van der Waals surface area contributed by atoms with Crippen molar-refractivity contribution in [3.05, 3.63) is 24.4 Å². The lowest BCUT2D eigenvalue weighted by Gasteiger charge is -2.15. The molecule has 0 radical (unpaired) electrons. The van der Waals surface area contributed by atoms with Gasteiger partial charge in [0.05, 0.1) is 5.70 Å². The van der Waals surface area contributed by atoms with E-state index < -0.39 is 23.8 Å². The lowest BCUT2D eigenvalue weighted by atomic mass is 10.2. The van der Waals surface area contributed by atoms with Crippen molar-refractivity contribution in [2.45, 2.75) is 38.5 Å². The number of carbonyl (C=O) groups is 5. The molecule has 128 valence electrons. The zero-order valence-corrected chi connectivity index (χ0v) is 12.9. The number of hydroxylamine groups is 4. The van der Waals surface area contributed by atoms with Gasteiger partial charge in [-0.2, -0.15) is 0 Å². The van der Waals surface area contributed by atoms with E-state index >= 15 is 0 Å². The Hall–Kier alpha value is -2.97. The van der Waals surface area contributed by atoms with E-state index in [9.17, 15) is 24.0 Å². The summed E-state index contributed by atoms with van der Waals surface area (Å²) in [4.78, 5) is 66.5. The molecule has 1 saturated heterocycles. The standard InChI is InChI=1S/C15H16N2O7/c1-10-6-7-11(18)16(10)23-14(21)4-2-3-5-15(22)24-17-12(19)8-9-13(17)20/h8-9H,1-7H2. The van der Waals surface area contributed by atoms with Gasteiger partial charge in [0.1, 0.15) is 0 Å². The molecule has 0 N–H and O–H groups in total. The van der Waals surface area contributed by atoms with E-state index in [1.54, 1.807) is 0 Å². The topological polar surface area (TPSA) is 110 Å². The second-order valence-electron chi connectivity index (χ2n) is 5.19. The Morgan fingerprint density at radius 2 is 1.42 bits per heavy atom. The number of allylic oxidation sites excluding steroid dienone is 1. The predicted molar refractivity (Wildman–Crippen MR) is 76.9 cm³/mol. The average Bonchev–Trinajstić information content (AvgIpc) is 3.01. The van der Waals surface area contributed by atoms with Gasteiger partial charge in [0.15, 0.2) is 0 Å². The number of hydrogen-bond donors (Lipinski definition) is 0. The van der Waals surface area contributed by atoms with Crippen molar-refractivity contribution in [2.24, 2.45) is 0 Å². The monoisotopic (exact) mass is 336 g/mol. The maximum absolute atomic E-state index is 11.6. The van der Waals surface area contributed by atoms with Crippen molar-refractivity contribution >= 4 is 29.7 Å². The van der Waals surface area contributed by atoms with Crippen LogP contribution >= 0.6 is 0 Å². The summed E-state index contributed by atoms with van der Waals surface area (Å²) in [5.41, 5.74) is 0.436. The third-order valence-electron chi connectivity index (χ3n) is 3.31. The first-order valence-corrected chi connectivity index (χ1v) is 7.37. The molecule has 0 aromatic heterocycles. The quantitative estimate of drug-likeness (QED) is 0.492. The van der Waals surface area contributed by atoms with Crippen LogP contribution in [-0.4, -0.2) is 39.8 Å². The highest BCUT2D eigenvalue weighted by Crippen LogP contribution is 2.21. The first-order valence-electron chi connectivity index (χ1n) is 7.37. The predicted octanol–water partition coefficient (Wildman–Crippen LogP) is 0.524. The van der Waals surface area contributed by atoms with E-state index in [2.05, 4.69) is 11.4 Å². The van der Waals surface area contributed by atoms with Crippen LogP contribution in [0.5, 0.6) is 0 Å². The Morgan fingerprint density at radius 1 is 0.917 bits per heavy atom. The fraction of sp³-hybridized carbons (Fsp3) is 0.400. The molecule has 0 spiro atoms. The lowest BCUT2D eigenvalue weighted by Crippen LogP contribution is -2.32. The molecule has 0 aromatic rings. The smallest absolute Gasteiger partial charge is 0.333 e. The molecule has 0 saturated carbocycles. The molecule has 1 fully saturated rings. The summed E-state index contributed by atoms with van der Waals surface area (Å²) in [7, 11) is 0. The number of carbonyl (C=O) groups excluding carboxylic acids is 5. The number of rotatable bonds is 7. The summed E-state index contributed by atoms with van der Waals surface area (Å²) in [6.07, 6.45) is 3.28. The molecule has 0 aromatic carbocycles. The van der Waals surface area contributed by atoms with Crippen molar-refractivity contribution in [1.29, 1.82) is 0 Å². The second-order valence-corrected chi connectivity index (χ2v) is 5.19. The van der Waals surface area contributed by atoms with Gasteiger partial charge < -0.3 is 9.68 Å². The zero-order valence-electron chi connectivity index (χ0n) is 12.9. The van der Waals surface area contributed by atoms with Crippen molar-refractivity contribution in [3.63, 3.8) is 0 Å². The summed E-state index contributed by atoms with van der Waals surface area (Å²) in [6, 6.07) is 0. The fourth-order valence-electron chi connectivity index (χ4n) is 2.06. The Kier molecular flexibility index (Phi) is 5.46. The minimum Gasteiger partial charge on any atom is -0.334 e. The van der Waals surface area contributed by atoms with E-state index in [0.717, 1.165) is 17.2 Å². The molecule has 0 aliphatic carbocycles.